The van der Waals surface area contributed by atoms with Crippen molar-refractivity contribution in [3.63, 3.8) is 0 Å². The van der Waals surface area contributed by atoms with Crippen LogP contribution in [0, 0.1) is 5.92 Å². The lowest BCUT2D eigenvalue weighted by Crippen LogP contribution is -2.40. The molecule has 1 atom stereocenters. The molecular weight excluding hydrogens is 481 g/mol. The normalized spacial score (nSPS) is 19.6. The molecule has 0 spiro atoms. The number of nitrogens with one attached hydrogen (secondary N) is 2. The first-order valence-electron chi connectivity index (χ1n) is 7.52. The van der Waals surface area contributed by atoms with E-state index < -0.39 is 9.84 Å². The third kappa shape index (κ3) is 7.79. The summed E-state index contributed by atoms with van der Waals surface area (Å²) in [6, 6.07) is 7.77. The van der Waals surface area contributed by atoms with Crippen molar-refractivity contribution < 1.29 is 8.42 Å². The van der Waals surface area contributed by atoms with E-state index in [1.807, 2.05) is 24.3 Å². The summed E-state index contributed by atoms with van der Waals surface area (Å²) in [4.78, 5) is 5.34. The minimum Gasteiger partial charge on any atom is -0.356 e. The molecule has 1 fully saturated rings. The first-order chi connectivity index (χ1) is 11.0. The number of rotatable bonds is 6. The van der Waals surface area contributed by atoms with Crippen LogP contribution in [-0.2, 0) is 9.84 Å². The standard InChI is InChI=1S/C15H22ClN3O2S2.HI/c1-17-15(19-10-12-6-9-23(20,21)11-12)18-7-8-22-14-4-2-13(16)3-5-14;/h2-5,12H,6-11H2,1H3,(H2,17,18,19);1H. The first kappa shape index (κ1) is 21.9. The van der Waals surface area contributed by atoms with Crippen molar-refractivity contribution >= 4 is 63.1 Å². The fraction of sp³-hybridized carbons (Fsp3) is 0.533. The van der Waals surface area contributed by atoms with Gasteiger partial charge in [0.2, 0.25) is 0 Å². The van der Waals surface area contributed by atoms with Crippen LogP contribution in [0.25, 0.3) is 0 Å². The van der Waals surface area contributed by atoms with Gasteiger partial charge in [0.05, 0.1) is 11.5 Å². The summed E-state index contributed by atoms with van der Waals surface area (Å²) >= 11 is 7.60. The maximum atomic E-state index is 11.4. The Labute approximate surface area is 170 Å². The molecule has 0 amide bonds. The second-order valence-electron chi connectivity index (χ2n) is 5.45. The molecule has 0 aromatic heterocycles. The third-order valence-corrected chi connectivity index (χ3v) is 6.69. The molecule has 1 aromatic carbocycles. The van der Waals surface area contributed by atoms with Crippen LogP contribution in [-0.4, -0.2) is 51.8 Å². The maximum Gasteiger partial charge on any atom is 0.191 e. The molecule has 136 valence electrons. The SMILES string of the molecule is CN=C(NCCSc1ccc(Cl)cc1)NCC1CCS(=O)(=O)C1.I. The first-order valence-corrected chi connectivity index (χ1v) is 10.7. The van der Waals surface area contributed by atoms with Gasteiger partial charge < -0.3 is 10.6 Å². The van der Waals surface area contributed by atoms with E-state index >= 15 is 0 Å². The van der Waals surface area contributed by atoms with Crippen LogP contribution in [0.5, 0.6) is 0 Å². The van der Waals surface area contributed by atoms with Crippen LogP contribution in [0.15, 0.2) is 34.2 Å². The molecule has 2 rings (SSSR count). The van der Waals surface area contributed by atoms with Crippen molar-refractivity contribution in [2.45, 2.75) is 11.3 Å². The van der Waals surface area contributed by atoms with Crippen LogP contribution < -0.4 is 10.6 Å². The van der Waals surface area contributed by atoms with Gasteiger partial charge in [0, 0.05) is 35.8 Å². The Kier molecular flexibility index (Phi) is 9.76. The van der Waals surface area contributed by atoms with Gasteiger partial charge in [-0.05, 0) is 36.6 Å². The topological polar surface area (TPSA) is 70.6 Å². The molecule has 24 heavy (non-hydrogen) atoms. The predicted molar refractivity (Wildman–Crippen MR) is 114 cm³/mol. The molecule has 1 unspecified atom stereocenters. The Morgan fingerprint density at radius 3 is 2.62 bits per heavy atom. The minimum atomic E-state index is -2.82. The molecule has 1 aliphatic rings. The van der Waals surface area contributed by atoms with Crippen LogP contribution in [0.1, 0.15) is 6.42 Å². The summed E-state index contributed by atoms with van der Waals surface area (Å²) in [6.07, 6.45) is 0.735. The van der Waals surface area contributed by atoms with Gasteiger partial charge in [-0.1, -0.05) is 11.6 Å². The van der Waals surface area contributed by atoms with Gasteiger partial charge in [0.15, 0.2) is 15.8 Å². The van der Waals surface area contributed by atoms with Crippen LogP contribution in [0.3, 0.4) is 0 Å². The molecule has 9 heteroatoms. The lowest BCUT2D eigenvalue weighted by Gasteiger charge is -2.14. The Morgan fingerprint density at radius 2 is 2.04 bits per heavy atom. The zero-order valence-corrected chi connectivity index (χ0v) is 18.2. The second-order valence-corrected chi connectivity index (χ2v) is 9.28. The van der Waals surface area contributed by atoms with Gasteiger partial charge in [-0.3, -0.25) is 4.99 Å². The summed E-state index contributed by atoms with van der Waals surface area (Å²) in [5.41, 5.74) is 0. The maximum absolute atomic E-state index is 11.4. The second kappa shape index (κ2) is 10.7. The third-order valence-electron chi connectivity index (χ3n) is 3.59. The largest absolute Gasteiger partial charge is 0.356 e. The molecular formula is C15H23ClIN3O2S2. The van der Waals surface area contributed by atoms with E-state index in [2.05, 4.69) is 15.6 Å². The minimum absolute atomic E-state index is 0. The number of nitrogens with zero attached hydrogens (tertiary/aromatic N) is 1. The highest BCUT2D eigenvalue weighted by Gasteiger charge is 2.27. The van der Waals surface area contributed by atoms with Crippen LogP contribution in [0.2, 0.25) is 5.02 Å². The van der Waals surface area contributed by atoms with Gasteiger partial charge in [0.1, 0.15) is 0 Å². The van der Waals surface area contributed by atoms with E-state index in [0.29, 0.717) is 18.3 Å². The fourth-order valence-corrected chi connectivity index (χ4v) is 5.12. The molecule has 1 aromatic rings. The lowest BCUT2D eigenvalue weighted by atomic mass is 10.1. The molecule has 2 N–H and O–H groups in total. The Hall–Kier alpha value is -0.190. The molecule has 1 saturated heterocycles. The van der Waals surface area contributed by atoms with E-state index in [1.165, 1.54) is 4.90 Å². The van der Waals surface area contributed by atoms with Crippen molar-refractivity contribution in [1.82, 2.24) is 10.6 Å². The number of halogens is 2. The van der Waals surface area contributed by atoms with Crippen LogP contribution >= 0.6 is 47.3 Å². The van der Waals surface area contributed by atoms with Gasteiger partial charge >= 0.3 is 0 Å². The summed E-state index contributed by atoms with van der Waals surface area (Å²) in [6.45, 7) is 1.42. The average molecular weight is 504 g/mol. The molecule has 0 saturated carbocycles. The quantitative estimate of drug-likeness (QED) is 0.205. The highest BCUT2D eigenvalue weighted by atomic mass is 127. The Bertz CT molecular complexity index is 639. The summed E-state index contributed by atoms with van der Waals surface area (Å²) < 4.78 is 22.9. The number of guanidine groups is 1. The Morgan fingerprint density at radius 1 is 1.33 bits per heavy atom. The monoisotopic (exact) mass is 503 g/mol. The van der Waals surface area contributed by atoms with E-state index in [9.17, 15) is 8.42 Å². The highest BCUT2D eigenvalue weighted by Crippen LogP contribution is 2.19. The van der Waals surface area contributed by atoms with Gasteiger partial charge in [-0.2, -0.15) is 0 Å². The van der Waals surface area contributed by atoms with Crippen molar-refractivity contribution in [3.05, 3.63) is 29.3 Å². The van der Waals surface area contributed by atoms with Crippen molar-refractivity contribution in [3.8, 4) is 0 Å². The van der Waals surface area contributed by atoms with Gasteiger partial charge in [-0.15, -0.1) is 35.7 Å². The molecule has 5 nitrogen and oxygen atoms in total. The molecule has 1 aliphatic heterocycles. The molecule has 1 heterocycles. The van der Waals surface area contributed by atoms with Crippen molar-refractivity contribution in [1.29, 1.82) is 0 Å². The lowest BCUT2D eigenvalue weighted by molar-refractivity contribution is 0.568. The smallest absolute Gasteiger partial charge is 0.191 e. The summed E-state index contributed by atoms with van der Waals surface area (Å²) in [7, 11) is -1.10. The number of aliphatic imine (C=N–C) groups is 1. The number of hydrogen-bond acceptors (Lipinski definition) is 4. The van der Waals surface area contributed by atoms with E-state index in [4.69, 9.17) is 11.6 Å². The van der Waals surface area contributed by atoms with E-state index in [-0.39, 0.29) is 35.6 Å². The molecule has 0 aliphatic carbocycles. The zero-order valence-electron chi connectivity index (χ0n) is 13.5. The van der Waals surface area contributed by atoms with Gasteiger partial charge in [0.25, 0.3) is 0 Å². The number of sulfone groups is 1. The highest BCUT2D eigenvalue weighted by molar-refractivity contribution is 14.0. The summed E-state index contributed by atoms with van der Waals surface area (Å²) in [5, 5.41) is 7.18. The van der Waals surface area contributed by atoms with E-state index in [1.54, 1.807) is 18.8 Å². The van der Waals surface area contributed by atoms with Gasteiger partial charge in [-0.25, -0.2) is 8.42 Å². The van der Waals surface area contributed by atoms with Crippen LogP contribution in [0.4, 0.5) is 0 Å². The fourth-order valence-electron chi connectivity index (χ4n) is 2.36. The van der Waals surface area contributed by atoms with Crippen molar-refractivity contribution in [2.24, 2.45) is 10.9 Å². The zero-order chi connectivity index (χ0) is 16.7. The van der Waals surface area contributed by atoms with E-state index in [0.717, 1.165) is 23.7 Å². The summed E-state index contributed by atoms with van der Waals surface area (Å²) in [5.74, 6) is 2.39. The predicted octanol–water partition coefficient (Wildman–Crippen LogP) is 2.65. The van der Waals surface area contributed by atoms with Crippen molar-refractivity contribution in [2.75, 3.05) is 37.4 Å². The number of benzene rings is 1. The number of thioether (sulfide) groups is 1. The number of hydrogen-bond donors (Lipinski definition) is 2. The molecule has 0 bridgehead atoms. The Balaban J connectivity index is 0.00000288. The average Bonchev–Trinajstić information content (AvgIpc) is 2.87. The molecule has 0 radical (unpaired) electrons.